The molecule has 0 spiro atoms. The van der Waals surface area contributed by atoms with Crippen LogP contribution in [0.5, 0.6) is 0 Å². The van der Waals surface area contributed by atoms with Crippen LogP contribution in [0, 0.1) is 0 Å². The number of rotatable bonds is 5. The van der Waals surface area contributed by atoms with E-state index in [-0.39, 0.29) is 0 Å². The molecule has 4 nitrogen and oxygen atoms in total. The van der Waals surface area contributed by atoms with E-state index in [0.717, 1.165) is 82.5 Å². The van der Waals surface area contributed by atoms with Crippen molar-refractivity contribution in [2.24, 2.45) is 0 Å². The molecule has 59 heavy (non-hydrogen) atoms. The third-order valence-electron chi connectivity index (χ3n) is 11.8. The first kappa shape index (κ1) is 33.2. The van der Waals surface area contributed by atoms with E-state index in [1.54, 1.807) is 0 Å². The maximum atomic E-state index is 5.48. The van der Waals surface area contributed by atoms with Crippen LogP contribution in [0.3, 0.4) is 0 Å². The first-order valence-electron chi connectivity index (χ1n) is 20.0. The third kappa shape index (κ3) is 5.42. The summed E-state index contributed by atoms with van der Waals surface area (Å²) in [5.74, 6) is 0.636. The van der Waals surface area contributed by atoms with E-state index in [0.29, 0.717) is 5.95 Å². The first-order valence-corrected chi connectivity index (χ1v) is 20.0. The molecule has 3 heterocycles. The van der Waals surface area contributed by atoms with E-state index in [1.165, 1.54) is 27.5 Å². The molecule has 0 atom stereocenters. The van der Waals surface area contributed by atoms with Gasteiger partial charge in [-0.05, 0) is 74.8 Å². The monoisotopic (exact) mass is 750 g/mol. The minimum absolute atomic E-state index is 0.636. The quantitative estimate of drug-likeness (QED) is 0.165. The standard InChI is InChI=1S/C55H34N4/c1-2-12-35(13-3-1)42-20-10-16-39-17-11-21-43(52(39)42)37-24-26-40(27-25-37)53-46-31-28-36-14-4-6-18-44(36)54(46)58-55(57-53)59-50-23-9-7-19-45(50)47-34-41(30-33-51(47)59)49-32-29-38-15-5-8-22-48(38)56-49/h1-34H. The lowest BCUT2D eigenvalue weighted by atomic mass is 9.91. The molecule has 0 aliphatic rings. The minimum Gasteiger partial charge on any atom is -0.278 e. The van der Waals surface area contributed by atoms with E-state index in [9.17, 15) is 0 Å². The average Bonchev–Trinajstić information content (AvgIpc) is 3.64. The van der Waals surface area contributed by atoms with Crippen molar-refractivity contribution in [2.75, 3.05) is 0 Å². The Hall–Kier alpha value is -7.95. The van der Waals surface area contributed by atoms with Gasteiger partial charge in [-0.15, -0.1) is 0 Å². The van der Waals surface area contributed by atoms with Crippen molar-refractivity contribution in [3.05, 3.63) is 206 Å². The van der Waals surface area contributed by atoms with Crippen molar-refractivity contribution in [1.29, 1.82) is 0 Å². The van der Waals surface area contributed by atoms with Gasteiger partial charge in [-0.2, -0.15) is 0 Å². The van der Waals surface area contributed by atoms with E-state index in [4.69, 9.17) is 15.0 Å². The minimum atomic E-state index is 0.636. The molecule has 12 aromatic rings. The number of aromatic nitrogens is 4. The lowest BCUT2D eigenvalue weighted by Gasteiger charge is -2.15. The molecule has 0 N–H and O–H groups in total. The van der Waals surface area contributed by atoms with Crippen LogP contribution >= 0.6 is 0 Å². The average molecular weight is 751 g/mol. The second-order valence-electron chi connectivity index (χ2n) is 15.2. The molecule has 4 heteroatoms. The number of benzene rings is 9. The van der Waals surface area contributed by atoms with Gasteiger partial charge >= 0.3 is 0 Å². The summed E-state index contributed by atoms with van der Waals surface area (Å²) in [6, 6.07) is 73.3. The fraction of sp³-hybridized carbons (Fsp3) is 0. The molecule has 0 saturated carbocycles. The molecule has 0 bridgehead atoms. The highest BCUT2D eigenvalue weighted by Gasteiger charge is 2.20. The van der Waals surface area contributed by atoms with Crippen molar-refractivity contribution >= 4 is 65.2 Å². The van der Waals surface area contributed by atoms with Crippen LogP contribution in [0.1, 0.15) is 0 Å². The zero-order chi connectivity index (χ0) is 38.9. The molecular weight excluding hydrogens is 717 g/mol. The first-order chi connectivity index (χ1) is 29.2. The molecule has 12 rings (SSSR count). The summed E-state index contributed by atoms with van der Waals surface area (Å²) >= 11 is 0. The van der Waals surface area contributed by atoms with E-state index in [2.05, 4.69) is 205 Å². The summed E-state index contributed by atoms with van der Waals surface area (Å²) in [5.41, 5.74) is 12.8. The summed E-state index contributed by atoms with van der Waals surface area (Å²) in [6.45, 7) is 0. The maximum absolute atomic E-state index is 5.48. The Balaban J connectivity index is 1.05. The molecule has 0 radical (unpaired) electrons. The summed E-state index contributed by atoms with van der Waals surface area (Å²) in [6.07, 6.45) is 0. The van der Waals surface area contributed by atoms with Gasteiger partial charge in [0.05, 0.1) is 33.5 Å². The predicted molar refractivity (Wildman–Crippen MR) is 246 cm³/mol. The second-order valence-corrected chi connectivity index (χ2v) is 15.2. The highest BCUT2D eigenvalue weighted by Crippen LogP contribution is 2.40. The number of para-hydroxylation sites is 2. The predicted octanol–water partition coefficient (Wildman–Crippen LogP) is 14.2. The van der Waals surface area contributed by atoms with Crippen LogP contribution in [-0.4, -0.2) is 19.5 Å². The Labute approximate surface area is 340 Å². The van der Waals surface area contributed by atoms with Crippen LogP contribution in [0.4, 0.5) is 0 Å². The van der Waals surface area contributed by atoms with Crippen LogP contribution in [0.25, 0.3) is 116 Å². The van der Waals surface area contributed by atoms with Gasteiger partial charge in [0.15, 0.2) is 0 Å². The Kier molecular flexibility index (Phi) is 7.50. The van der Waals surface area contributed by atoms with Crippen LogP contribution in [0.2, 0.25) is 0 Å². The number of pyridine rings is 1. The SMILES string of the molecule is c1ccc(-c2cccc3cccc(-c4ccc(-c5nc(-n6c7ccccc7c7cc(-c8ccc9ccccc9n8)ccc76)nc6c5ccc5ccccc56)cc4)c23)cc1. The van der Waals surface area contributed by atoms with E-state index < -0.39 is 0 Å². The summed E-state index contributed by atoms with van der Waals surface area (Å²) in [5, 5.41) is 9.13. The summed E-state index contributed by atoms with van der Waals surface area (Å²) < 4.78 is 2.22. The third-order valence-corrected chi connectivity index (χ3v) is 11.8. The highest BCUT2D eigenvalue weighted by molar-refractivity contribution is 6.12. The Bertz CT molecular complexity index is 3600. The van der Waals surface area contributed by atoms with Gasteiger partial charge in [0.2, 0.25) is 5.95 Å². The Morgan fingerprint density at radius 3 is 1.80 bits per heavy atom. The smallest absolute Gasteiger partial charge is 0.235 e. The van der Waals surface area contributed by atoms with Gasteiger partial charge in [0, 0.05) is 38.1 Å². The van der Waals surface area contributed by atoms with Crippen LogP contribution in [-0.2, 0) is 0 Å². The molecule has 0 saturated heterocycles. The van der Waals surface area contributed by atoms with Crippen molar-refractivity contribution in [1.82, 2.24) is 19.5 Å². The van der Waals surface area contributed by atoms with E-state index in [1.807, 2.05) is 6.07 Å². The summed E-state index contributed by atoms with van der Waals surface area (Å²) in [4.78, 5) is 15.9. The van der Waals surface area contributed by atoms with Crippen LogP contribution < -0.4 is 0 Å². The Morgan fingerprint density at radius 1 is 0.339 bits per heavy atom. The molecule has 0 amide bonds. The van der Waals surface area contributed by atoms with Gasteiger partial charge in [-0.3, -0.25) is 4.57 Å². The van der Waals surface area contributed by atoms with Gasteiger partial charge in [0.1, 0.15) is 0 Å². The molecule has 274 valence electrons. The molecule has 0 fully saturated rings. The number of nitrogens with zero attached hydrogens (tertiary/aromatic N) is 4. The molecule has 9 aromatic carbocycles. The Morgan fingerprint density at radius 2 is 0.966 bits per heavy atom. The molecular formula is C55H34N4. The lowest BCUT2D eigenvalue weighted by Crippen LogP contribution is -2.04. The van der Waals surface area contributed by atoms with Crippen molar-refractivity contribution in [3.63, 3.8) is 0 Å². The number of fused-ring (bicyclic) bond motifs is 8. The van der Waals surface area contributed by atoms with Gasteiger partial charge < -0.3 is 0 Å². The fourth-order valence-corrected chi connectivity index (χ4v) is 8.99. The maximum Gasteiger partial charge on any atom is 0.235 e. The molecule has 3 aromatic heterocycles. The number of hydrogen-bond donors (Lipinski definition) is 0. The number of hydrogen-bond acceptors (Lipinski definition) is 3. The molecule has 0 aliphatic carbocycles. The zero-order valence-corrected chi connectivity index (χ0v) is 31.9. The highest BCUT2D eigenvalue weighted by atomic mass is 15.2. The fourth-order valence-electron chi connectivity index (χ4n) is 8.99. The topological polar surface area (TPSA) is 43.6 Å². The van der Waals surface area contributed by atoms with E-state index >= 15 is 0 Å². The van der Waals surface area contributed by atoms with Crippen molar-refractivity contribution in [3.8, 4) is 50.7 Å². The van der Waals surface area contributed by atoms with Gasteiger partial charge in [-0.1, -0.05) is 170 Å². The van der Waals surface area contributed by atoms with Crippen LogP contribution in [0.15, 0.2) is 206 Å². The largest absolute Gasteiger partial charge is 0.278 e. The lowest BCUT2D eigenvalue weighted by molar-refractivity contribution is 1.02. The molecule has 0 unspecified atom stereocenters. The van der Waals surface area contributed by atoms with Gasteiger partial charge in [-0.25, -0.2) is 15.0 Å². The second kappa shape index (κ2) is 13.3. The molecule has 0 aliphatic heterocycles. The van der Waals surface area contributed by atoms with Crippen molar-refractivity contribution in [2.45, 2.75) is 0 Å². The normalized spacial score (nSPS) is 11.7. The zero-order valence-electron chi connectivity index (χ0n) is 31.9. The van der Waals surface area contributed by atoms with Gasteiger partial charge in [0.25, 0.3) is 0 Å². The summed E-state index contributed by atoms with van der Waals surface area (Å²) in [7, 11) is 0. The van der Waals surface area contributed by atoms with Crippen molar-refractivity contribution < 1.29 is 0 Å².